The Hall–Kier alpha value is -1.51. The van der Waals surface area contributed by atoms with E-state index in [2.05, 4.69) is 10.0 Å². The molecule has 1 rings (SSSR count). The van der Waals surface area contributed by atoms with Gasteiger partial charge in [0.1, 0.15) is 0 Å². The third-order valence-electron chi connectivity index (χ3n) is 2.94. The van der Waals surface area contributed by atoms with Crippen LogP contribution in [0.1, 0.15) is 32.1 Å². The topological polar surface area (TPSA) is 129 Å². The maximum Gasteiger partial charge on any atom is 0.311 e. The molecule has 0 fully saturated rings. The third kappa shape index (κ3) is 6.94. The van der Waals surface area contributed by atoms with Gasteiger partial charge in [-0.1, -0.05) is 41.2 Å². The molecule has 0 aliphatic rings. The lowest BCUT2D eigenvalue weighted by atomic mass is 10.1. The van der Waals surface area contributed by atoms with Gasteiger partial charge in [-0.05, 0) is 30.5 Å². The Balaban J connectivity index is 2.54. The summed E-state index contributed by atoms with van der Waals surface area (Å²) in [5, 5.41) is 3.01. The number of rotatable bonds is 9. The van der Waals surface area contributed by atoms with Gasteiger partial charge in [-0.25, -0.2) is 0 Å². The summed E-state index contributed by atoms with van der Waals surface area (Å²) in [6, 6.07) is 1.89. The fourth-order valence-corrected chi connectivity index (χ4v) is 3.03. The van der Waals surface area contributed by atoms with E-state index < -0.39 is 21.0 Å². The summed E-state index contributed by atoms with van der Waals surface area (Å²) in [4.78, 5) is 13.9. The van der Waals surface area contributed by atoms with Crippen molar-refractivity contribution in [3.8, 4) is 5.75 Å². The van der Waals surface area contributed by atoms with Gasteiger partial charge >= 0.3 is 5.97 Å². The average molecular weight is 396 g/mol. The first kappa shape index (κ1) is 20.5. The van der Waals surface area contributed by atoms with Gasteiger partial charge in [-0.15, -0.1) is 0 Å². The van der Waals surface area contributed by atoms with Crippen LogP contribution in [0.4, 0.5) is 0 Å². The van der Waals surface area contributed by atoms with Gasteiger partial charge in [-0.2, -0.15) is 8.42 Å². The summed E-state index contributed by atoms with van der Waals surface area (Å²) in [7, 11) is -4.46. The highest BCUT2D eigenvalue weighted by atomic mass is 35.5. The lowest BCUT2D eigenvalue weighted by Gasteiger charge is -2.09. The Kier molecular flexibility index (Phi) is 8.30. The van der Waals surface area contributed by atoms with E-state index in [9.17, 15) is 13.2 Å². The fraction of sp³-hybridized carbons (Fsp3) is 0.462. The molecular formula is C13H15Cl2N3O5S. The molecule has 0 aliphatic heterocycles. The molecule has 0 aliphatic carbocycles. The minimum atomic E-state index is -4.46. The molecule has 0 saturated heterocycles. The van der Waals surface area contributed by atoms with Crippen molar-refractivity contribution in [3.63, 3.8) is 0 Å². The molecule has 0 unspecified atom stereocenters. The molecule has 0 heterocycles. The summed E-state index contributed by atoms with van der Waals surface area (Å²) in [6.07, 6.45) is 3.03. The van der Waals surface area contributed by atoms with Crippen molar-refractivity contribution in [1.29, 1.82) is 0 Å². The van der Waals surface area contributed by atoms with Crippen molar-refractivity contribution in [2.24, 2.45) is 5.11 Å². The maximum atomic E-state index is 11.8. The number of hydrogen-bond acceptors (Lipinski definition) is 5. The number of nitrogens with zero attached hydrogens (tertiary/aromatic N) is 3. The Morgan fingerprint density at radius 1 is 1.21 bits per heavy atom. The van der Waals surface area contributed by atoms with Gasteiger partial charge in [0.2, 0.25) is 0 Å². The molecule has 132 valence electrons. The summed E-state index contributed by atoms with van der Waals surface area (Å²) < 4.78 is 36.1. The average Bonchev–Trinajstić information content (AvgIpc) is 2.49. The number of azide groups is 1. The van der Waals surface area contributed by atoms with Crippen LogP contribution in [0.25, 0.3) is 10.4 Å². The van der Waals surface area contributed by atoms with Crippen molar-refractivity contribution in [2.45, 2.75) is 37.0 Å². The second-order valence-electron chi connectivity index (χ2n) is 4.78. The van der Waals surface area contributed by atoms with Crippen LogP contribution >= 0.6 is 23.2 Å². The normalized spacial score (nSPS) is 11.0. The predicted octanol–water partition coefficient (Wildman–Crippen LogP) is 4.41. The Bertz CT molecular complexity index is 725. The van der Waals surface area contributed by atoms with Crippen LogP contribution in [0.15, 0.2) is 22.1 Å². The monoisotopic (exact) mass is 395 g/mol. The van der Waals surface area contributed by atoms with E-state index in [0.717, 1.165) is 31.4 Å². The van der Waals surface area contributed by atoms with Crippen LogP contribution in [0.5, 0.6) is 5.75 Å². The van der Waals surface area contributed by atoms with Gasteiger partial charge in [0.25, 0.3) is 10.1 Å². The highest BCUT2D eigenvalue weighted by molar-refractivity contribution is 7.85. The Morgan fingerprint density at radius 3 is 2.33 bits per heavy atom. The molecule has 1 aromatic rings. The molecule has 24 heavy (non-hydrogen) atoms. The number of esters is 1. The number of halogens is 2. The van der Waals surface area contributed by atoms with Crippen molar-refractivity contribution < 1.29 is 22.5 Å². The molecule has 0 aromatic heterocycles. The highest BCUT2D eigenvalue weighted by Crippen LogP contribution is 2.35. The fourth-order valence-electron chi connectivity index (χ4n) is 1.80. The SMILES string of the molecule is [N-]=[N+]=NCCCCCCC(=O)Oc1c(Cl)cc(S(=O)(=O)O)cc1Cl. The molecule has 0 bridgehead atoms. The van der Waals surface area contributed by atoms with E-state index in [1.165, 1.54) is 0 Å². The molecule has 11 heteroatoms. The first-order chi connectivity index (χ1) is 11.3. The van der Waals surface area contributed by atoms with Crippen LogP contribution in [-0.4, -0.2) is 25.5 Å². The van der Waals surface area contributed by atoms with Crippen molar-refractivity contribution in [1.82, 2.24) is 0 Å². The van der Waals surface area contributed by atoms with E-state index in [0.29, 0.717) is 13.0 Å². The second-order valence-corrected chi connectivity index (χ2v) is 7.02. The zero-order chi connectivity index (χ0) is 18.2. The zero-order valence-corrected chi connectivity index (χ0v) is 14.8. The third-order valence-corrected chi connectivity index (χ3v) is 4.33. The molecule has 0 atom stereocenters. The van der Waals surface area contributed by atoms with E-state index in [-0.39, 0.29) is 22.2 Å². The van der Waals surface area contributed by atoms with Crippen LogP contribution in [0, 0.1) is 0 Å². The van der Waals surface area contributed by atoms with Crippen molar-refractivity contribution in [3.05, 3.63) is 32.6 Å². The molecule has 0 radical (unpaired) electrons. The molecule has 8 nitrogen and oxygen atoms in total. The van der Waals surface area contributed by atoms with Crippen LogP contribution < -0.4 is 4.74 Å². The zero-order valence-electron chi connectivity index (χ0n) is 12.5. The Morgan fingerprint density at radius 2 is 1.79 bits per heavy atom. The highest BCUT2D eigenvalue weighted by Gasteiger charge is 2.18. The Labute approximate surface area is 149 Å². The van der Waals surface area contributed by atoms with Gasteiger partial charge in [0.15, 0.2) is 5.75 Å². The van der Waals surface area contributed by atoms with E-state index in [4.69, 9.17) is 38.0 Å². The predicted molar refractivity (Wildman–Crippen MR) is 89.0 cm³/mol. The molecule has 1 aromatic carbocycles. The number of ether oxygens (including phenoxy) is 1. The van der Waals surface area contributed by atoms with Crippen LogP contribution in [0.2, 0.25) is 10.0 Å². The lowest BCUT2D eigenvalue weighted by molar-refractivity contribution is -0.134. The lowest BCUT2D eigenvalue weighted by Crippen LogP contribution is -2.09. The van der Waals surface area contributed by atoms with Crippen LogP contribution in [-0.2, 0) is 14.9 Å². The number of carbonyl (C=O) groups is 1. The maximum absolute atomic E-state index is 11.8. The summed E-state index contributed by atoms with van der Waals surface area (Å²) in [5.41, 5.74) is 8.12. The quantitative estimate of drug-likeness (QED) is 0.126. The number of hydrogen-bond donors (Lipinski definition) is 1. The van der Waals surface area contributed by atoms with E-state index in [1.807, 2.05) is 0 Å². The van der Waals surface area contributed by atoms with Crippen molar-refractivity contribution >= 4 is 39.3 Å². The van der Waals surface area contributed by atoms with Gasteiger partial charge in [0.05, 0.1) is 14.9 Å². The van der Waals surface area contributed by atoms with Gasteiger partial charge < -0.3 is 4.74 Å². The molecule has 1 N–H and O–H groups in total. The van der Waals surface area contributed by atoms with Crippen molar-refractivity contribution in [2.75, 3.05) is 6.54 Å². The minimum Gasteiger partial charge on any atom is -0.423 e. The molecule has 0 spiro atoms. The standard InChI is InChI=1S/C13H15Cl2N3O5S/c14-10-7-9(24(20,21)22)8-11(15)13(10)23-12(19)5-3-1-2-4-6-17-18-16/h7-8H,1-6H2,(H,20,21,22). The molecule has 0 saturated carbocycles. The van der Waals surface area contributed by atoms with Crippen LogP contribution in [0.3, 0.4) is 0 Å². The number of unbranched alkanes of at least 4 members (excludes halogenated alkanes) is 3. The summed E-state index contributed by atoms with van der Waals surface area (Å²) in [5.74, 6) is -0.715. The minimum absolute atomic E-state index is 0.133. The first-order valence-electron chi connectivity index (χ1n) is 6.93. The summed E-state index contributed by atoms with van der Waals surface area (Å²) in [6.45, 7) is 0.423. The van der Waals surface area contributed by atoms with E-state index in [1.54, 1.807) is 0 Å². The molecular weight excluding hydrogens is 381 g/mol. The van der Waals surface area contributed by atoms with Gasteiger partial charge in [0, 0.05) is 17.9 Å². The molecule has 0 amide bonds. The first-order valence-corrected chi connectivity index (χ1v) is 9.13. The largest absolute Gasteiger partial charge is 0.423 e. The second kappa shape index (κ2) is 9.71. The number of benzene rings is 1. The number of carbonyl (C=O) groups excluding carboxylic acids is 1. The smallest absolute Gasteiger partial charge is 0.311 e. The van der Waals surface area contributed by atoms with E-state index >= 15 is 0 Å². The van der Waals surface area contributed by atoms with Gasteiger partial charge in [-0.3, -0.25) is 9.35 Å². The summed E-state index contributed by atoms with van der Waals surface area (Å²) >= 11 is 11.7.